The van der Waals surface area contributed by atoms with Gasteiger partial charge in [0.1, 0.15) is 5.75 Å². The summed E-state index contributed by atoms with van der Waals surface area (Å²) in [5.41, 5.74) is 0.624. The highest BCUT2D eigenvalue weighted by Crippen LogP contribution is 2.29. The minimum Gasteiger partial charge on any atom is -0.493 e. The topological polar surface area (TPSA) is 61.8 Å². The Hall–Kier alpha value is -1.59. The molecule has 2 atom stereocenters. The lowest BCUT2D eigenvalue weighted by Crippen LogP contribution is -2.49. The van der Waals surface area contributed by atoms with Crippen LogP contribution < -0.4 is 10.1 Å². The number of benzene rings is 1. The van der Waals surface area contributed by atoms with Gasteiger partial charge in [0, 0.05) is 18.7 Å². The molecule has 2 aliphatic carbocycles. The number of rotatable bonds is 7. The fourth-order valence-electron chi connectivity index (χ4n) is 4.71. The van der Waals surface area contributed by atoms with E-state index in [1.54, 1.807) is 0 Å². The van der Waals surface area contributed by atoms with Crippen molar-refractivity contribution in [1.29, 1.82) is 0 Å². The molecule has 0 bridgehead atoms. The summed E-state index contributed by atoms with van der Waals surface area (Å²) in [7, 11) is 0. The number of amides is 1. The fourth-order valence-corrected chi connectivity index (χ4v) is 4.71. The molecule has 29 heavy (non-hydrogen) atoms. The molecule has 1 aromatic rings. The van der Waals surface area contributed by atoms with E-state index >= 15 is 0 Å². The number of carbonyl (C=O) groups excluding carboxylic acids is 1. The van der Waals surface area contributed by atoms with Crippen molar-refractivity contribution in [3.8, 4) is 5.75 Å². The Kier molecular flexibility index (Phi) is 7.09. The van der Waals surface area contributed by atoms with Crippen molar-refractivity contribution >= 4 is 5.91 Å². The molecular formula is C24H36N2O3. The van der Waals surface area contributed by atoms with Crippen molar-refractivity contribution < 1.29 is 14.6 Å². The van der Waals surface area contributed by atoms with Gasteiger partial charge in [0.25, 0.3) is 5.91 Å². The Balaban J connectivity index is 1.30. The van der Waals surface area contributed by atoms with Gasteiger partial charge in [-0.2, -0.15) is 0 Å². The van der Waals surface area contributed by atoms with Gasteiger partial charge >= 0.3 is 0 Å². The van der Waals surface area contributed by atoms with Crippen molar-refractivity contribution in [2.24, 2.45) is 11.8 Å². The lowest BCUT2D eigenvalue weighted by Gasteiger charge is -2.31. The third-order valence-corrected chi connectivity index (χ3v) is 6.75. The lowest BCUT2D eigenvalue weighted by molar-refractivity contribution is 0.0789. The van der Waals surface area contributed by atoms with E-state index in [9.17, 15) is 9.90 Å². The Bertz CT molecular complexity index is 653. The van der Waals surface area contributed by atoms with E-state index in [1.807, 2.05) is 24.3 Å². The van der Waals surface area contributed by atoms with Crippen molar-refractivity contribution in [3.05, 3.63) is 29.8 Å². The molecule has 1 amide bonds. The molecule has 0 spiro atoms. The average Bonchev–Trinajstić information content (AvgIpc) is 3.58. The molecule has 5 nitrogen and oxygen atoms in total. The van der Waals surface area contributed by atoms with Gasteiger partial charge in [0.05, 0.1) is 18.8 Å². The third kappa shape index (κ3) is 6.19. The van der Waals surface area contributed by atoms with E-state index in [2.05, 4.69) is 10.2 Å². The first-order valence-corrected chi connectivity index (χ1v) is 11.6. The first-order valence-electron chi connectivity index (χ1n) is 11.6. The van der Waals surface area contributed by atoms with Crippen molar-refractivity contribution in [2.75, 3.05) is 26.2 Å². The number of hydrogen-bond acceptors (Lipinski definition) is 4. The van der Waals surface area contributed by atoms with E-state index in [1.165, 1.54) is 44.9 Å². The number of aliphatic hydroxyl groups is 1. The first kappa shape index (κ1) is 20.7. The maximum absolute atomic E-state index is 12.8. The Labute approximate surface area is 174 Å². The first-order chi connectivity index (χ1) is 14.2. The van der Waals surface area contributed by atoms with Gasteiger partial charge in [0.2, 0.25) is 0 Å². The number of ether oxygens (including phenoxy) is 1. The van der Waals surface area contributed by atoms with E-state index in [0.29, 0.717) is 11.5 Å². The van der Waals surface area contributed by atoms with Crippen molar-refractivity contribution in [1.82, 2.24) is 10.2 Å². The lowest BCUT2D eigenvalue weighted by atomic mass is 9.89. The Morgan fingerprint density at radius 2 is 1.76 bits per heavy atom. The standard InChI is InChI=1S/C24H36N2O3/c27-23-7-4-14-26(15-18-5-2-1-3-6-18)16-22(23)25-24(28)20-10-12-21(13-11-20)29-17-19-8-9-19/h10-13,18-19,22-23,27H,1-9,14-17H2,(H,25,28)/t22-,23+/m0/s1. The van der Waals surface area contributed by atoms with Gasteiger partial charge in [-0.15, -0.1) is 0 Å². The molecular weight excluding hydrogens is 364 g/mol. The zero-order chi connectivity index (χ0) is 20.1. The number of nitrogens with zero attached hydrogens (tertiary/aromatic N) is 1. The normalized spacial score (nSPS) is 26.7. The minimum atomic E-state index is -0.476. The van der Waals surface area contributed by atoms with Crippen LogP contribution in [-0.2, 0) is 0 Å². The van der Waals surface area contributed by atoms with E-state index < -0.39 is 6.10 Å². The summed E-state index contributed by atoms with van der Waals surface area (Å²) >= 11 is 0. The summed E-state index contributed by atoms with van der Waals surface area (Å²) in [6, 6.07) is 7.17. The molecule has 3 aliphatic rings. The number of likely N-dealkylation sites (tertiary alicyclic amines) is 1. The molecule has 0 aromatic heterocycles. The second kappa shape index (κ2) is 9.94. The summed E-state index contributed by atoms with van der Waals surface area (Å²) in [6.07, 6.45) is 10.5. The smallest absolute Gasteiger partial charge is 0.251 e. The summed E-state index contributed by atoms with van der Waals surface area (Å²) in [6.45, 7) is 3.64. The third-order valence-electron chi connectivity index (χ3n) is 6.75. The van der Waals surface area contributed by atoms with Crippen LogP contribution in [0.1, 0.15) is 68.1 Å². The largest absolute Gasteiger partial charge is 0.493 e. The van der Waals surface area contributed by atoms with Crippen LogP contribution in [0.25, 0.3) is 0 Å². The molecule has 1 aromatic carbocycles. The zero-order valence-electron chi connectivity index (χ0n) is 17.5. The summed E-state index contributed by atoms with van der Waals surface area (Å²) in [4.78, 5) is 15.2. The molecule has 1 aliphatic heterocycles. The molecule has 160 valence electrons. The SMILES string of the molecule is O=C(N[C@H]1CN(CC2CCCCC2)CCC[C@H]1O)c1ccc(OCC2CC2)cc1. The summed E-state index contributed by atoms with van der Waals surface area (Å²) < 4.78 is 5.76. The highest BCUT2D eigenvalue weighted by Gasteiger charge is 2.29. The molecule has 1 saturated heterocycles. The molecule has 5 heteroatoms. The summed E-state index contributed by atoms with van der Waals surface area (Å²) in [5, 5.41) is 13.7. The predicted octanol–water partition coefficient (Wildman–Crippen LogP) is 3.61. The van der Waals surface area contributed by atoms with Crippen LogP contribution in [0, 0.1) is 11.8 Å². The van der Waals surface area contributed by atoms with Gasteiger partial charge in [-0.1, -0.05) is 19.3 Å². The summed E-state index contributed by atoms with van der Waals surface area (Å²) in [5.74, 6) is 2.20. The molecule has 4 rings (SSSR count). The molecule has 1 heterocycles. The van der Waals surface area contributed by atoms with Crippen LogP contribution in [0.4, 0.5) is 0 Å². The quantitative estimate of drug-likeness (QED) is 0.734. The molecule has 0 unspecified atom stereocenters. The van der Waals surface area contributed by atoms with Gasteiger partial charge in [0.15, 0.2) is 0 Å². The van der Waals surface area contributed by atoms with Gasteiger partial charge in [-0.25, -0.2) is 0 Å². The van der Waals surface area contributed by atoms with Crippen molar-refractivity contribution in [2.45, 2.75) is 69.9 Å². The van der Waals surface area contributed by atoms with E-state index in [4.69, 9.17) is 4.74 Å². The maximum atomic E-state index is 12.8. The second-order valence-corrected chi connectivity index (χ2v) is 9.33. The van der Waals surface area contributed by atoms with Crippen LogP contribution in [0.5, 0.6) is 5.75 Å². The van der Waals surface area contributed by atoms with Gasteiger partial charge in [-0.05, 0) is 81.2 Å². The maximum Gasteiger partial charge on any atom is 0.251 e. The number of carbonyl (C=O) groups is 1. The molecule has 0 radical (unpaired) electrons. The highest BCUT2D eigenvalue weighted by molar-refractivity contribution is 5.94. The molecule has 2 N–H and O–H groups in total. The van der Waals surface area contributed by atoms with Crippen LogP contribution in [0.2, 0.25) is 0 Å². The minimum absolute atomic E-state index is 0.109. The Morgan fingerprint density at radius 1 is 1.00 bits per heavy atom. The second-order valence-electron chi connectivity index (χ2n) is 9.33. The predicted molar refractivity (Wildman–Crippen MR) is 114 cm³/mol. The highest BCUT2D eigenvalue weighted by atomic mass is 16.5. The van der Waals surface area contributed by atoms with Crippen LogP contribution >= 0.6 is 0 Å². The molecule has 2 saturated carbocycles. The monoisotopic (exact) mass is 400 g/mol. The van der Waals surface area contributed by atoms with Crippen molar-refractivity contribution in [3.63, 3.8) is 0 Å². The molecule has 3 fully saturated rings. The number of hydrogen-bond donors (Lipinski definition) is 2. The van der Waals surface area contributed by atoms with Crippen LogP contribution in [0.15, 0.2) is 24.3 Å². The fraction of sp³-hybridized carbons (Fsp3) is 0.708. The zero-order valence-corrected chi connectivity index (χ0v) is 17.5. The van der Waals surface area contributed by atoms with Gasteiger partial charge < -0.3 is 20.1 Å². The average molecular weight is 401 g/mol. The van der Waals surface area contributed by atoms with E-state index in [-0.39, 0.29) is 11.9 Å². The number of nitrogens with one attached hydrogen (secondary N) is 1. The van der Waals surface area contributed by atoms with E-state index in [0.717, 1.165) is 50.8 Å². The van der Waals surface area contributed by atoms with Crippen LogP contribution in [-0.4, -0.2) is 54.3 Å². The number of aliphatic hydroxyl groups excluding tert-OH is 1. The van der Waals surface area contributed by atoms with Gasteiger partial charge in [-0.3, -0.25) is 4.79 Å². The van der Waals surface area contributed by atoms with Crippen LogP contribution in [0.3, 0.4) is 0 Å². The Morgan fingerprint density at radius 3 is 2.48 bits per heavy atom.